The van der Waals surface area contributed by atoms with E-state index >= 15 is 0 Å². The van der Waals surface area contributed by atoms with Crippen LogP contribution in [0.25, 0.3) is 0 Å². The number of hydrogen-bond acceptors (Lipinski definition) is 5. The first-order valence-electron chi connectivity index (χ1n) is 7.33. The number of anilines is 3. The molecule has 1 aliphatic heterocycles. The Kier molecular flexibility index (Phi) is 4.90. The first-order chi connectivity index (χ1) is 10.0. The molecular formula is C15H23N3O3. The molecule has 6 nitrogen and oxygen atoms in total. The van der Waals surface area contributed by atoms with Crippen LogP contribution in [0.2, 0.25) is 0 Å². The van der Waals surface area contributed by atoms with E-state index in [1.54, 1.807) is 12.1 Å². The summed E-state index contributed by atoms with van der Waals surface area (Å²) < 4.78 is 5.30. The molecule has 6 heteroatoms. The molecule has 0 aromatic heterocycles. The van der Waals surface area contributed by atoms with E-state index in [1.165, 1.54) is 0 Å². The molecule has 1 aliphatic rings. The van der Waals surface area contributed by atoms with Crippen molar-refractivity contribution in [2.24, 2.45) is 5.92 Å². The maximum absolute atomic E-state index is 11.3. The molecule has 1 unspecified atom stereocenters. The van der Waals surface area contributed by atoms with Gasteiger partial charge < -0.3 is 26.2 Å². The van der Waals surface area contributed by atoms with Gasteiger partial charge in [-0.1, -0.05) is 26.7 Å². The average Bonchev–Trinajstić information content (AvgIpc) is 2.46. The third kappa shape index (κ3) is 3.58. The van der Waals surface area contributed by atoms with Crippen LogP contribution >= 0.6 is 0 Å². The fourth-order valence-electron chi connectivity index (χ4n) is 2.51. The second kappa shape index (κ2) is 6.67. The number of nitrogen functional groups attached to an aromatic ring is 1. The van der Waals surface area contributed by atoms with Crippen molar-refractivity contribution < 1.29 is 14.6 Å². The van der Waals surface area contributed by atoms with E-state index in [1.807, 2.05) is 0 Å². The number of carbonyl (C=O) groups excluding carboxylic acids is 1. The second-order valence-electron chi connectivity index (χ2n) is 5.30. The van der Waals surface area contributed by atoms with E-state index in [4.69, 9.17) is 10.5 Å². The molecule has 0 radical (unpaired) electrons. The summed E-state index contributed by atoms with van der Waals surface area (Å²) in [5, 5.41) is 16.0. The highest BCUT2D eigenvalue weighted by Gasteiger charge is 2.19. The average molecular weight is 293 g/mol. The molecule has 21 heavy (non-hydrogen) atoms. The third-order valence-corrected chi connectivity index (χ3v) is 3.88. The number of nitrogens with two attached hydrogens (primary N) is 1. The van der Waals surface area contributed by atoms with Gasteiger partial charge >= 0.3 is 0 Å². The van der Waals surface area contributed by atoms with E-state index in [0.29, 0.717) is 29.4 Å². The number of benzene rings is 1. The molecule has 0 bridgehead atoms. The second-order valence-corrected chi connectivity index (χ2v) is 5.30. The Hall–Kier alpha value is -1.95. The van der Waals surface area contributed by atoms with Crippen LogP contribution in [-0.4, -0.2) is 30.3 Å². The maximum Gasteiger partial charge on any atom is 0.262 e. The lowest BCUT2D eigenvalue weighted by Crippen LogP contribution is -2.28. The molecule has 0 fully saturated rings. The zero-order valence-electron chi connectivity index (χ0n) is 12.5. The van der Waals surface area contributed by atoms with E-state index in [2.05, 4.69) is 24.5 Å². The van der Waals surface area contributed by atoms with Gasteiger partial charge in [-0.25, -0.2) is 0 Å². The molecule has 1 aromatic carbocycles. The number of rotatable bonds is 6. The van der Waals surface area contributed by atoms with Crippen LogP contribution in [0, 0.1) is 5.92 Å². The number of aliphatic hydroxyl groups is 1. The molecule has 0 saturated carbocycles. The van der Waals surface area contributed by atoms with Crippen molar-refractivity contribution in [3.05, 3.63) is 12.1 Å². The molecule has 1 aromatic rings. The van der Waals surface area contributed by atoms with E-state index < -0.39 is 6.10 Å². The largest absolute Gasteiger partial charge is 0.482 e. The van der Waals surface area contributed by atoms with E-state index in [-0.39, 0.29) is 18.4 Å². The zero-order valence-corrected chi connectivity index (χ0v) is 12.5. The monoisotopic (exact) mass is 293 g/mol. The van der Waals surface area contributed by atoms with Gasteiger partial charge in [0.1, 0.15) is 5.75 Å². The van der Waals surface area contributed by atoms with Gasteiger partial charge in [-0.3, -0.25) is 4.79 Å². The molecule has 0 spiro atoms. The van der Waals surface area contributed by atoms with Crippen molar-refractivity contribution in [3.63, 3.8) is 0 Å². The molecule has 2 rings (SSSR count). The first-order valence-corrected chi connectivity index (χ1v) is 7.33. The summed E-state index contributed by atoms with van der Waals surface area (Å²) in [6.07, 6.45) is 1.44. The summed E-state index contributed by atoms with van der Waals surface area (Å²) in [7, 11) is 0. The van der Waals surface area contributed by atoms with Crippen LogP contribution in [0.4, 0.5) is 17.1 Å². The van der Waals surface area contributed by atoms with Gasteiger partial charge in [-0.05, 0) is 12.0 Å². The number of nitrogens with one attached hydrogen (secondary N) is 2. The highest BCUT2D eigenvalue weighted by atomic mass is 16.5. The van der Waals surface area contributed by atoms with Gasteiger partial charge in [0.05, 0.1) is 23.2 Å². The standard InChI is InChI=1S/C15H23N3O3/c1-3-9(4-2)13(19)7-17-11-6-12-14(5-10(11)16)21-8-15(20)18-12/h5-6,9,13,17,19H,3-4,7-8,16H2,1-2H3,(H,18,20). The lowest BCUT2D eigenvalue weighted by Gasteiger charge is -2.23. The van der Waals surface area contributed by atoms with Gasteiger partial charge in [0.2, 0.25) is 0 Å². The van der Waals surface area contributed by atoms with E-state index in [9.17, 15) is 9.90 Å². The normalized spacial score (nSPS) is 15.1. The Morgan fingerprint density at radius 1 is 1.43 bits per heavy atom. The number of aliphatic hydroxyl groups excluding tert-OH is 1. The highest BCUT2D eigenvalue weighted by molar-refractivity contribution is 5.97. The topological polar surface area (TPSA) is 96.6 Å². The number of hydrogen-bond donors (Lipinski definition) is 4. The van der Waals surface area contributed by atoms with Crippen LogP contribution in [0.15, 0.2) is 12.1 Å². The smallest absolute Gasteiger partial charge is 0.262 e. The Labute approximate surface area is 124 Å². The summed E-state index contributed by atoms with van der Waals surface area (Å²) in [6.45, 7) is 4.56. The molecule has 1 amide bonds. The Balaban J connectivity index is 2.07. The zero-order chi connectivity index (χ0) is 15.4. The summed E-state index contributed by atoms with van der Waals surface area (Å²) in [5.74, 6) is 0.646. The van der Waals surface area contributed by atoms with Gasteiger partial charge in [0.25, 0.3) is 5.91 Å². The minimum atomic E-state index is -0.429. The lowest BCUT2D eigenvalue weighted by molar-refractivity contribution is -0.118. The Morgan fingerprint density at radius 2 is 2.14 bits per heavy atom. The van der Waals surface area contributed by atoms with Crippen molar-refractivity contribution in [2.45, 2.75) is 32.8 Å². The molecule has 1 atom stereocenters. The molecule has 5 N–H and O–H groups in total. The molecule has 1 heterocycles. The number of carbonyl (C=O) groups is 1. The predicted molar refractivity (Wildman–Crippen MR) is 83.5 cm³/mol. The fraction of sp³-hybridized carbons (Fsp3) is 0.533. The Morgan fingerprint density at radius 3 is 2.81 bits per heavy atom. The SMILES string of the molecule is CCC(CC)C(O)CNc1cc2c(cc1N)OCC(=O)N2. The highest BCUT2D eigenvalue weighted by Crippen LogP contribution is 2.35. The van der Waals surface area contributed by atoms with Crippen molar-refractivity contribution in [1.82, 2.24) is 0 Å². The predicted octanol–water partition coefficient (Wildman–Crippen LogP) is 1.81. The number of fused-ring (bicyclic) bond motifs is 1. The summed E-state index contributed by atoms with van der Waals surface area (Å²) in [5.41, 5.74) is 7.78. The van der Waals surface area contributed by atoms with E-state index in [0.717, 1.165) is 12.8 Å². The fourth-order valence-corrected chi connectivity index (χ4v) is 2.51. The minimum Gasteiger partial charge on any atom is -0.482 e. The van der Waals surface area contributed by atoms with Gasteiger partial charge in [0, 0.05) is 12.6 Å². The van der Waals surface area contributed by atoms with Crippen LogP contribution in [0.1, 0.15) is 26.7 Å². The Bertz CT molecular complexity index is 515. The third-order valence-electron chi connectivity index (χ3n) is 3.88. The number of amides is 1. The van der Waals surface area contributed by atoms with Gasteiger partial charge in [-0.2, -0.15) is 0 Å². The summed E-state index contributed by atoms with van der Waals surface area (Å²) in [4.78, 5) is 11.3. The molecule has 0 saturated heterocycles. The summed E-state index contributed by atoms with van der Waals surface area (Å²) in [6, 6.07) is 3.42. The lowest BCUT2D eigenvalue weighted by atomic mass is 9.96. The summed E-state index contributed by atoms with van der Waals surface area (Å²) >= 11 is 0. The minimum absolute atomic E-state index is 0.00656. The maximum atomic E-state index is 11.3. The van der Waals surface area contributed by atoms with Gasteiger partial charge in [0.15, 0.2) is 6.61 Å². The molecule has 0 aliphatic carbocycles. The van der Waals surface area contributed by atoms with Crippen molar-refractivity contribution in [3.8, 4) is 5.75 Å². The van der Waals surface area contributed by atoms with Crippen molar-refractivity contribution in [1.29, 1.82) is 0 Å². The van der Waals surface area contributed by atoms with Crippen LogP contribution in [0.5, 0.6) is 5.75 Å². The van der Waals surface area contributed by atoms with Crippen molar-refractivity contribution >= 4 is 23.0 Å². The van der Waals surface area contributed by atoms with Crippen LogP contribution < -0.4 is 21.1 Å². The quantitative estimate of drug-likeness (QED) is 0.600. The first kappa shape index (κ1) is 15.4. The molecule has 116 valence electrons. The van der Waals surface area contributed by atoms with Crippen molar-refractivity contribution in [2.75, 3.05) is 29.5 Å². The van der Waals surface area contributed by atoms with Gasteiger partial charge in [-0.15, -0.1) is 0 Å². The van der Waals surface area contributed by atoms with Crippen LogP contribution in [-0.2, 0) is 4.79 Å². The molecular weight excluding hydrogens is 270 g/mol. The number of ether oxygens (including phenoxy) is 1. The van der Waals surface area contributed by atoms with Crippen LogP contribution in [0.3, 0.4) is 0 Å².